The Bertz CT molecular complexity index is 765. The Morgan fingerprint density at radius 2 is 1.87 bits per heavy atom. The van der Waals surface area contributed by atoms with E-state index in [4.69, 9.17) is 4.74 Å². The molecule has 4 rings (SSSR count). The van der Waals surface area contributed by atoms with Crippen molar-refractivity contribution in [2.45, 2.75) is 91.1 Å². The first kappa shape index (κ1) is 22.3. The van der Waals surface area contributed by atoms with E-state index >= 15 is 0 Å². The van der Waals surface area contributed by atoms with Crippen molar-refractivity contribution < 1.29 is 20.1 Å². The molecule has 0 heterocycles. The molecule has 3 N–H and O–H groups in total. The van der Waals surface area contributed by atoms with Gasteiger partial charge in [-0.05, 0) is 61.3 Å². The van der Waals surface area contributed by atoms with Crippen molar-refractivity contribution in [3.8, 4) is 0 Å². The number of aliphatic hydroxyl groups is 3. The van der Waals surface area contributed by atoms with Crippen molar-refractivity contribution in [1.82, 2.24) is 0 Å². The number of fused-ring (bicyclic) bond motifs is 5. The standard InChI is InChI=1S/C26H40O4/c1-15(2)23(28)14-30-16(3)20-8-9-21-19-7-6-17-12-18(27)13-24(29)26(17,5)22(19)10-11-25(20,21)4/h6-8,15-16,18,21-24,27-29H,9-14H2,1-5H3/t16-,18+,21-,22-,23+,24+,25+,26-/m0/s1. The van der Waals surface area contributed by atoms with Gasteiger partial charge in [-0.1, -0.05) is 57.1 Å². The largest absolute Gasteiger partial charge is 0.393 e. The average molecular weight is 417 g/mol. The van der Waals surface area contributed by atoms with Gasteiger partial charge in [0.1, 0.15) is 0 Å². The molecule has 0 saturated heterocycles. The molecule has 4 heteroatoms. The van der Waals surface area contributed by atoms with Crippen LogP contribution < -0.4 is 0 Å². The summed E-state index contributed by atoms with van der Waals surface area (Å²) < 4.78 is 6.12. The zero-order valence-electron chi connectivity index (χ0n) is 19.3. The molecule has 4 aliphatic carbocycles. The van der Waals surface area contributed by atoms with Crippen molar-refractivity contribution in [3.05, 3.63) is 34.9 Å². The second kappa shape index (κ2) is 7.88. The minimum atomic E-state index is -0.487. The SMILES string of the molecule is CC(C)[C@H](O)CO[C@@H](C)C1=CC[C@H]2C3=CC=C4C[C@@H](O)C[C@@H](O)[C@]4(C)[C@H]3CC[C@]12C. The number of hydrogen-bond donors (Lipinski definition) is 3. The Morgan fingerprint density at radius 3 is 2.57 bits per heavy atom. The summed E-state index contributed by atoms with van der Waals surface area (Å²) in [6, 6.07) is 0. The summed E-state index contributed by atoms with van der Waals surface area (Å²) in [5.41, 5.74) is 3.90. The van der Waals surface area contributed by atoms with Crippen molar-refractivity contribution >= 4 is 0 Å². The molecule has 0 aromatic carbocycles. The predicted octanol–water partition coefficient (Wildman–Crippen LogP) is 4.16. The summed E-state index contributed by atoms with van der Waals surface area (Å²) in [5.74, 6) is 0.994. The zero-order chi connectivity index (χ0) is 21.8. The highest BCUT2D eigenvalue weighted by Gasteiger charge is 2.57. The van der Waals surface area contributed by atoms with Crippen LogP contribution in [0.2, 0.25) is 0 Å². The van der Waals surface area contributed by atoms with Crippen molar-refractivity contribution in [3.63, 3.8) is 0 Å². The van der Waals surface area contributed by atoms with E-state index < -0.39 is 18.3 Å². The van der Waals surface area contributed by atoms with Crippen LogP contribution in [-0.4, -0.2) is 46.3 Å². The lowest BCUT2D eigenvalue weighted by molar-refractivity contribution is -0.0514. The van der Waals surface area contributed by atoms with Gasteiger partial charge in [0, 0.05) is 11.8 Å². The van der Waals surface area contributed by atoms with Gasteiger partial charge in [0.2, 0.25) is 0 Å². The van der Waals surface area contributed by atoms with Gasteiger partial charge in [0.25, 0.3) is 0 Å². The third-order valence-corrected chi connectivity index (χ3v) is 9.02. The second-order valence-electron chi connectivity index (χ2n) is 11.0. The molecular weight excluding hydrogens is 376 g/mol. The van der Waals surface area contributed by atoms with Crippen molar-refractivity contribution in [2.75, 3.05) is 6.61 Å². The van der Waals surface area contributed by atoms with Crippen LogP contribution in [0.1, 0.15) is 66.7 Å². The molecule has 0 aliphatic heterocycles. The summed E-state index contributed by atoms with van der Waals surface area (Å²) in [7, 11) is 0. The third kappa shape index (κ3) is 3.35. The first-order valence-electron chi connectivity index (χ1n) is 11.9. The molecule has 0 amide bonds. The number of ether oxygens (including phenoxy) is 1. The van der Waals surface area contributed by atoms with E-state index in [0.717, 1.165) is 19.3 Å². The molecule has 0 bridgehead atoms. The van der Waals surface area contributed by atoms with E-state index in [2.05, 4.69) is 39.0 Å². The minimum Gasteiger partial charge on any atom is -0.393 e. The van der Waals surface area contributed by atoms with E-state index in [1.807, 2.05) is 13.8 Å². The van der Waals surface area contributed by atoms with Crippen LogP contribution in [0.15, 0.2) is 34.9 Å². The lowest BCUT2D eigenvalue weighted by Gasteiger charge is -2.56. The first-order valence-corrected chi connectivity index (χ1v) is 11.9. The number of hydrogen-bond acceptors (Lipinski definition) is 4. The lowest BCUT2D eigenvalue weighted by atomic mass is 9.49. The van der Waals surface area contributed by atoms with Gasteiger partial charge in [-0.25, -0.2) is 0 Å². The average Bonchev–Trinajstić information content (AvgIpc) is 3.04. The van der Waals surface area contributed by atoms with E-state index in [1.54, 1.807) is 0 Å². The summed E-state index contributed by atoms with van der Waals surface area (Å²) >= 11 is 0. The predicted molar refractivity (Wildman–Crippen MR) is 119 cm³/mol. The maximum Gasteiger partial charge on any atom is 0.0796 e. The van der Waals surface area contributed by atoms with Crippen LogP contribution in [0, 0.1) is 28.6 Å². The fourth-order valence-corrected chi connectivity index (χ4v) is 6.82. The molecule has 4 nitrogen and oxygen atoms in total. The molecule has 4 aliphatic rings. The van der Waals surface area contributed by atoms with Gasteiger partial charge in [-0.3, -0.25) is 0 Å². The highest BCUT2D eigenvalue weighted by molar-refractivity contribution is 5.43. The number of allylic oxidation sites excluding steroid dienone is 4. The van der Waals surface area contributed by atoms with Crippen LogP contribution in [0.3, 0.4) is 0 Å². The summed E-state index contributed by atoms with van der Waals surface area (Å²) in [4.78, 5) is 0. The molecule has 2 saturated carbocycles. The molecule has 0 unspecified atom stereocenters. The van der Waals surface area contributed by atoms with Crippen LogP contribution in [0.4, 0.5) is 0 Å². The van der Waals surface area contributed by atoms with Crippen LogP contribution in [0.25, 0.3) is 0 Å². The minimum absolute atomic E-state index is 0.00579. The molecule has 30 heavy (non-hydrogen) atoms. The summed E-state index contributed by atoms with van der Waals surface area (Å²) in [5, 5.41) is 31.3. The smallest absolute Gasteiger partial charge is 0.0796 e. The van der Waals surface area contributed by atoms with Crippen LogP contribution >= 0.6 is 0 Å². The summed E-state index contributed by atoms with van der Waals surface area (Å²) in [6.07, 6.45) is 9.86. The first-order chi connectivity index (χ1) is 14.1. The normalized spacial score (nSPS) is 42.5. The maximum atomic E-state index is 11.0. The number of rotatable bonds is 5. The Morgan fingerprint density at radius 1 is 1.13 bits per heavy atom. The monoisotopic (exact) mass is 416 g/mol. The topological polar surface area (TPSA) is 69.9 Å². The molecule has 2 fully saturated rings. The summed E-state index contributed by atoms with van der Waals surface area (Å²) in [6.45, 7) is 11.1. The zero-order valence-corrected chi connectivity index (χ0v) is 19.3. The van der Waals surface area contributed by atoms with Gasteiger partial charge < -0.3 is 20.1 Å². The highest BCUT2D eigenvalue weighted by atomic mass is 16.5. The van der Waals surface area contributed by atoms with Gasteiger partial charge in [-0.2, -0.15) is 0 Å². The van der Waals surface area contributed by atoms with Crippen LogP contribution in [0.5, 0.6) is 0 Å². The molecule has 0 aromatic heterocycles. The fourth-order valence-electron chi connectivity index (χ4n) is 6.82. The molecular formula is C26H40O4. The van der Waals surface area contributed by atoms with Crippen LogP contribution in [-0.2, 0) is 4.74 Å². The lowest BCUT2D eigenvalue weighted by Crippen LogP contribution is -2.52. The molecule has 0 aromatic rings. The molecule has 168 valence electrons. The maximum absolute atomic E-state index is 11.0. The van der Waals surface area contributed by atoms with E-state index in [9.17, 15) is 15.3 Å². The Kier molecular flexibility index (Phi) is 5.85. The van der Waals surface area contributed by atoms with Crippen molar-refractivity contribution in [2.24, 2.45) is 28.6 Å². The van der Waals surface area contributed by atoms with Gasteiger partial charge in [-0.15, -0.1) is 0 Å². The Hall–Kier alpha value is -0.940. The Balaban J connectivity index is 1.56. The van der Waals surface area contributed by atoms with E-state index in [-0.39, 0.29) is 22.9 Å². The van der Waals surface area contributed by atoms with Gasteiger partial charge in [0.15, 0.2) is 0 Å². The van der Waals surface area contributed by atoms with E-state index in [0.29, 0.717) is 31.3 Å². The quantitative estimate of drug-likeness (QED) is 0.589. The second-order valence-corrected chi connectivity index (χ2v) is 11.0. The highest BCUT2D eigenvalue weighted by Crippen LogP contribution is 2.64. The molecule has 8 atom stereocenters. The molecule has 0 radical (unpaired) electrons. The Labute approximate surface area is 181 Å². The van der Waals surface area contributed by atoms with Gasteiger partial charge >= 0.3 is 0 Å². The van der Waals surface area contributed by atoms with Gasteiger partial charge in [0.05, 0.1) is 31.0 Å². The molecule has 0 spiro atoms. The van der Waals surface area contributed by atoms with Crippen molar-refractivity contribution in [1.29, 1.82) is 0 Å². The fraction of sp³-hybridized carbons (Fsp3) is 0.769. The number of aliphatic hydroxyl groups excluding tert-OH is 3. The third-order valence-electron chi connectivity index (χ3n) is 9.02. The van der Waals surface area contributed by atoms with E-state index in [1.165, 1.54) is 16.7 Å².